The Morgan fingerprint density at radius 1 is 1.08 bits per heavy atom. The third kappa shape index (κ3) is 4.15. The molecule has 0 radical (unpaired) electrons. The minimum absolute atomic E-state index is 0.0973. The van der Waals surface area contributed by atoms with Crippen molar-refractivity contribution in [3.05, 3.63) is 35.9 Å². The van der Waals surface area contributed by atoms with Gasteiger partial charge >= 0.3 is 0 Å². The summed E-state index contributed by atoms with van der Waals surface area (Å²) in [4.78, 5) is 30.8. The summed E-state index contributed by atoms with van der Waals surface area (Å²) < 4.78 is 0. The number of piperidine rings is 1. The fourth-order valence-electron chi connectivity index (χ4n) is 3.60. The Labute approximate surface area is 144 Å². The van der Waals surface area contributed by atoms with E-state index in [4.69, 9.17) is 0 Å². The molecule has 0 unspecified atom stereocenters. The van der Waals surface area contributed by atoms with Gasteiger partial charge in [0, 0.05) is 58.7 Å². The van der Waals surface area contributed by atoms with Crippen molar-refractivity contribution >= 4 is 11.8 Å². The second-order valence-electron chi connectivity index (χ2n) is 6.95. The van der Waals surface area contributed by atoms with Crippen molar-refractivity contribution < 1.29 is 9.59 Å². The SMILES string of the molecule is CN1CC[C@@H](C(=O)N2CCCN(Cc3ccccc3)CC2)CC1=O. The molecule has 24 heavy (non-hydrogen) atoms. The number of nitrogens with zero attached hydrogens (tertiary/aromatic N) is 3. The predicted molar refractivity (Wildman–Crippen MR) is 93.3 cm³/mol. The van der Waals surface area contributed by atoms with E-state index < -0.39 is 0 Å². The van der Waals surface area contributed by atoms with E-state index in [2.05, 4.69) is 29.2 Å². The number of benzene rings is 1. The molecule has 2 amide bonds. The molecule has 2 aliphatic rings. The maximum absolute atomic E-state index is 12.8. The zero-order chi connectivity index (χ0) is 16.9. The van der Waals surface area contributed by atoms with Crippen LogP contribution >= 0.6 is 0 Å². The topological polar surface area (TPSA) is 43.9 Å². The molecule has 5 heteroatoms. The van der Waals surface area contributed by atoms with Gasteiger partial charge in [0.25, 0.3) is 0 Å². The number of carbonyl (C=O) groups excluding carboxylic acids is 2. The molecule has 1 atom stereocenters. The summed E-state index contributed by atoms with van der Waals surface area (Å²) in [5.74, 6) is 0.160. The van der Waals surface area contributed by atoms with E-state index in [1.165, 1.54) is 5.56 Å². The monoisotopic (exact) mass is 329 g/mol. The lowest BCUT2D eigenvalue weighted by molar-refractivity contribution is -0.144. The smallest absolute Gasteiger partial charge is 0.226 e. The van der Waals surface area contributed by atoms with Gasteiger partial charge in [0.05, 0.1) is 0 Å². The van der Waals surface area contributed by atoms with Crippen LogP contribution in [0.3, 0.4) is 0 Å². The highest BCUT2D eigenvalue weighted by Crippen LogP contribution is 2.21. The van der Waals surface area contributed by atoms with Gasteiger partial charge in [-0.3, -0.25) is 14.5 Å². The Morgan fingerprint density at radius 3 is 2.62 bits per heavy atom. The molecule has 2 saturated heterocycles. The van der Waals surface area contributed by atoms with E-state index in [1.807, 2.05) is 18.0 Å². The van der Waals surface area contributed by atoms with E-state index in [1.54, 1.807) is 4.90 Å². The molecule has 0 bridgehead atoms. The lowest BCUT2D eigenvalue weighted by Gasteiger charge is -2.31. The molecular formula is C19H27N3O2. The third-order valence-electron chi connectivity index (χ3n) is 5.16. The number of carbonyl (C=O) groups is 2. The largest absolute Gasteiger partial charge is 0.346 e. The van der Waals surface area contributed by atoms with Gasteiger partial charge in [-0.15, -0.1) is 0 Å². The van der Waals surface area contributed by atoms with Gasteiger partial charge in [-0.05, 0) is 18.4 Å². The second-order valence-corrected chi connectivity index (χ2v) is 6.95. The van der Waals surface area contributed by atoms with Gasteiger partial charge < -0.3 is 9.80 Å². The number of hydrogen-bond acceptors (Lipinski definition) is 3. The highest BCUT2D eigenvalue weighted by molar-refractivity contribution is 5.86. The van der Waals surface area contributed by atoms with E-state index in [-0.39, 0.29) is 17.7 Å². The molecule has 0 N–H and O–H groups in total. The fraction of sp³-hybridized carbons (Fsp3) is 0.579. The molecule has 2 fully saturated rings. The van der Waals surface area contributed by atoms with Gasteiger partial charge in [-0.2, -0.15) is 0 Å². The van der Waals surface area contributed by atoms with Crippen LogP contribution in [-0.2, 0) is 16.1 Å². The highest BCUT2D eigenvalue weighted by atomic mass is 16.2. The Hall–Kier alpha value is -1.88. The molecule has 130 valence electrons. The Bertz CT molecular complexity index is 575. The summed E-state index contributed by atoms with van der Waals surface area (Å²) in [6.45, 7) is 5.14. The van der Waals surface area contributed by atoms with Gasteiger partial charge in [0.2, 0.25) is 11.8 Å². The molecule has 0 aliphatic carbocycles. The van der Waals surface area contributed by atoms with Crippen LogP contribution in [0.4, 0.5) is 0 Å². The van der Waals surface area contributed by atoms with Crippen LogP contribution in [0.25, 0.3) is 0 Å². The van der Waals surface area contributed by atoms with Crippen molar-refractivity contribution in [3.63, 3.8) is 0 Å². The molecule has 5 nitrogen and oxygen atoms in total. The molecule has 2 aliphatic heterocycles. The van der Waals surface area contributed by atoms with Crippen LogP contribution in [-0.4, -0.2) is 66.3 Å². The van der Waals surface area contributed by atoms with Crippen molar-refractivity contribution in [2.24, 2.45) is 5.92 Å². The zero-order valence-electron chi connectivity index (χ0n) is 14.5. The molecular weight excluding hydrogens is 302 g/mol. The maximum atomic E-state index is 12.8. The van der Waals surface area contributed by atoms with Crippen LogP contribution in [0.5, 0.6) is 0 Å². The minimum atomic E-state index is -0.116. The van der Waals surface area contributed by atoms with Crippen LogP contribution in [0, 0.1) is 5.92 Å². The van der Waals surface area contributed by atoms with Crippen LogP contribution < -0.4 is 0 Å². The summed E-state index contributed by atoms with van der Waals surface area (Å²) in [5.41, 5.74) is 1.32. The Kier molecular flexibility index (Phi) is 5.51. The highest BCUT2D eigenvalue weighted by Gasteiger charge is 2.32. The van der Waals surface area contributed by atoms with E-state index >= 15 is 0 Å². The summed E-state index contributed by atoms with van der Waals surface area (Å²) >= 11 is 0. The van der Waals surface area contributed by atoms with Crippen LogP contribution in [0.1, 0.15) is 24.8 Å². The third-order valence-corrected chi connectivity index (χ3v) is 5.16. The first-order valence-corrected chi connectivity index (χ1v) is 8.92. The molecule has 3 rings (SSSR count). The van der Waals surface area contributed by atoms with E-state index in [0.717, 1.165) is 45.6 Å². The first-order chi connectivity index (χ1) is 11.6. The van der Waals surface area contributed by atoms with Gasteiger partial charge in [-0.25, -0.2) is 0 Å². The summed E-state index contributed by atoms with van der Waals surface area (Å²) in [6, 6.07) is 10.5. The second kappa shape index (κ2) is 7.79. The van der Waals surface area contributed by atoms with Crippen LogP contribution in [0.15, 0.2) is 30.3 Å². The number of amides is 2. The lowest BCUT2D eigenvalue weighted by atomic mass is 9.95. The fourth-order valence-corrected chi connectivity index (χ4v) is 3.60. The van der Waals surface area contributed by atoms with E-state index in [0.29, 0.717) is 13.0 Å². The quantitative estimate of drug-likeness (QED) is 0.846. The van der Waals surface area contributed by atoms with Crippen molar-refractivity contribution in [2.75, 3.05) is 39.8 Å². The summed E-state index contributed by atoms with van der Waals surface area (Å²) in [7, 11) is 1.82. The molecule has 1 aromatic rings. The number of hydrogen-bond donors (Lipinski definition) is 0. The molecule has 2 heterocycles. The average molecular weight is 329 g/mol. The standard InChI is InChI=1S/C19H27N3O2/c1-20-11-8-17(14-18(20)23)19(24)22-10-5-9-21(12-13-22)15-16-6-3-2-4-7-16/h2-4,6-7,17H,5,8-15H2,1H3/t17-/m1/s1. The molecule has 0 spiro atoms. The molecule has 0 saturated carbocycles. The normalized spacial score (nSPS) is 23.2. The minimum Gasteiger partial charge on any atom is -0.346 e. The van der Waals surface area contributed by atoms with Gasteiger partial charge in [-0.1, -0.05) is 30.3 Å². The first-order valence-electron chi connectivity index (χ1n) is 8.92. The maximum Gasteiger partial charge on any atom is 0.226 e. The van der Waals surface area contributed by atoms with Crippen molar-refractivity contribution in [1.29, 1.82) is 0 Å². The van der Waals surface area contributed by atoms with Crippen molar-refractivity contribution in [2.45, 2.75) is 25.8 Å². The molecule has 0 aromatic heterocycles. The number of likely N-dealkylation sites (tertiary alicyclic amines) is 1. The Balaban J connectivity index is 1.53. The van der Waals surface area contributed by atoms with Crippen LogP contribution in [0.2, 0.25) is 0 Å². The first kappa shape index (κ1) is 17.0. The van der Waals surface area contributed by atoms with Crippen molar-refractivity contribution in [1.82, 2.24) is 14.7 Å². The zero-order valence-corrected chi connectivity index (χ0v) is 14.5. The van der Waals surface area contributed by atoms with Gasteiger partial charge in [0.1, 0.15) is 0 Å². The summed E-state index contributed by atoms with van der Waals surface area (Å²) in [6.07, 6.45) is 2.17. The predicted octanol–water partition coefficient (Wildman–Crippen LogP) is 1.59. The number of rotatable bonds is 3. The lowest BCUT2D eigenvalue weighted by Crippen LogP contribution is -2.44. The van der Waals surface area contributed by atoms with Crippen molar-refractivity contribution in [3.8, 4) is 0 Å². The summed E-state index contributed by atoms with van der Waals surface area (Å²) in [5, 5.41) is 0. The average Bonchev–Trinajstić information content (AvgIpc) is 2.83. The Morgan fingerprint density at radius 2 is 1.88 bits per heavy atom. The van der Waals surface area contributed by atoms with E-state index in [9.17, 15) is 9.59 Å². The molecule has 1 aromatic carbocycles. The van der Waals surface area contributed by atoms with Gasteiger partial charge in [0.15, 0.2) is 0 Å².